The third-order valence-electron chi connectivity index (χ3n) is 4.00. The molecule has 0 unspecified atom stereocenters. The van der Waals surface area contributed by atoms with Crippen LogP contribution in [0.25, 0.3) is 0 Å². The number of nitrogens with one attached hydrogen (secondary N) is 2. The van der Waals surface area contributed by atoms with Crippen LogP contribution in [0.4, 0.5) is 5.69 Å². The highest BCUT2D eigenvalue weighted by Gasteiger charge is 2.26. The van der Waals surface area contributed by atoms with Gasteiger partial charge in [-0.15, -0.1) is 11.3 Å². The molecule has 0 aliphatic heterocycles. The van der Waals surface area contributed by atoms with Crippen LogP contribution in [0.5, 0.6) is 0 Å². The molecule has 0 fully saturated rings. The van der Waals surface area contributed by atoms with E-state index in [4.69, 9.17) is 0 Å². The van der Waals surface area contributed by atoms with Gasteiger partial charge in [0.15, 0.2) is 0 Å². The molecule has 2 N–H and O–H groups in total. The normalized spacial score (nSPS) is 11.4. The molecule has 0 saturated heterocycles. The Hall–Kier alpha value is -1.88. The first-order valence-electron chi connectivity index (χ1n) is 8.34. The van der Waals surface area contributed by atoms with E-state index in [2.05, 4.69) is 22.5 Å². The maximum Gasteiger partial charge on any atom is 0.245 e. The minimum absolute atomic E-state index is 0.00887. The molecule has 4 nitrogen and oxygen atoms in total. The lowest BCUT2D eigenvalue weighted by Gasteiger charge is -2.26. The Bertz CT molecular complexity index is 670. The van der Waals surface area contributed by atoms with Crippen LogP contribution in [0.15, 0.2) is 24.3 Å². The van der Waals surface area contributed by atoms with Gasteiger partial charge in [0.2, 0.25) is 5.91 Å². The summed E-state index contributed by atoms with van der Waals surface area (Å²) < 4.78 is 0. The number of amides is 1. The van der Waals surface area contributed by atoms with Crippen molar-refractivity contribution in [2.75, 3.05) is 11.9 Å². The van der Waals surface area contributed by atoms with E-state index in [0.29, 0.717) is 6.54 Å². The Kier molecular flexibility index (Phi) is 5.99. The lowest BCUT2D eigenvalue weighted by atomic mass is 10.0. The smallest absolute Gasteiger partial charge is 0.245 e. The number of carbonyl (C=O) groups excluding carboxylic acids is 1. The lowest BCUT2D eigenvalue weighted by Crippen LogP contribution is -2.48. The summed E-state index contributed by atoms with van der Waals surface area (Å²) in [6, 6.07) is 8.07. The molecular weight excluding hydrogens is 318 g/mol. The highest BCUT2D eigenvalue weighted by molar-refractivity contribution is 7.11. The van der Waals surface area contributed by atoms with Crippen LogP contribution in [-0.2, 0) is 11.2 Å². The van der Waals surface area contributed by atoms with Crippen LogP contribution >= 0.6 is 11.3 Å². The van der Waals surface area contributed by atoms with Crippen LogP contribution in [0.2, 0.25) is 0 Å². The second-order valence-electron chi connectivity index (χ2n) is 6.72. The number of benzene rings is 1. The van der Waals surface area contributed by atoms with Gasteiger partial charge in [-0.05, 0) is 53.2 Å². The molecule has 1 aromatic heterocycles. The predicted molar refractivity (Wildman–Crippen MR) is 102 cm³/mol. The number of aryl methyl sites for hydroxylation is 4. The zero-order valence-corrected chi connectivity index (χ0v) is 16.0. The van der Waals surface area contributed by atoms with E-state index in [9.17, 15) is 4.79 Å². The fourth-order valence-electron chi connectivity index (χ4n) is 2.36. The molecule has 2 aromatic rings. The highest BCUT2D eigenvalue weighted by atomic mass is 32.1. The first kappa shape index (κ1) is 18.5. The number of thiazole rings is 1. The Morgan fingerprint density at radius 1 is 1.17 bits per heavy atom. The molecule has 0 spiro atoms. The summed E-state index contributed by atoms with van der Waals surface area (Å²) in [5.41, 5.74) is 2.62. The SMILES string of the molecule is Cc1ccc(NC(C)(C)C(=O)NCCCc2nc(C)c(C)s2)cc1. The van der Waals surface area contributed by atoms with Gasteiger partial charge in [-0.1, -0.05) is 17.7 Å². The average Bonchev–Trinajstić information content (AvgIpc) is 2.84. The molecule has 130 valence electrons. The first-order chi connectivity index (χ1) is 11.3. The number of rotatable bonds is 7. The summed E-state index contributed by atoms with van der Waals surface area (Å²) in [7, 11) is 0. The predicted octanol–water partition coefficient (Wildman–Crippen LogP) is 4.01. The quantitative estimate of drug-likeness (QED) is 0.746. The molecule has 0 atom stereocenters. The van der Waals surface area contributed by atoms with Crippen LogP contribution < -0.4 is 10.6 Å². The van der Waals surface area contributed by atoms with Crippen molar-refractivity contribution in [3.8, 4) is 0 Å². The molecule has 5 heteroatoms. The van der Waals surface area contributed by atoms with E-state index in [1.807, 2.05) is 52.0 Å². The average molecular weight is 346 g/mol. The largest absolute Gasteiger partial charge is 0.372 e. The van der Waals surface area contributed by atoms with Gasteiger partial charge in [0, 0.05) is 23.5 Å². The molecule has 0 aliphatic rings. The van der Waals surface area contributed by atoms with Crippen molar-refractivity contribution in [1.29, 1.82) is 0 Å². The van der Waals surface area contributed by atoms with E-state index in [-0.39, 0.29) is 5.91 Å². The van der Waals surface area contributed by atoms with Crippen molar-refractivity contribution in [2.24, 2.45) is 0 Å². The molecular formula is C19H27N3OS. The van der Waals surface area contributed by atoms with Gasteiger partial charge in [0.25, 0.3) is 0 Å². The lowest BCUT2D eigenvalue weighted by molar-refractivity contribution is -0.124. The molecule has 0 bridgehead atoms. The second-order valence-corrected chi connectivity index (χ2v) is 8.01. The molecule has 24 heavy (non-hydrogen) atoms. The summed E-state index contributed by atoms with van der Waals surface area (Å²) in [5.74, 6) is 0.00887. The molecule has 2 rings (SSSR count). The van der Waals surface area contributed by atoms with E-state index >= 15 is 0 Å². The Morgan fingerprint density at radius 2 is 1.83 bits per heavy atom. The van der Waals surface area contributed by atoms with Gasteiger partial charge in [0.1, 0.15) is 5.54 Å². The minimum atomic E-state index is -0.649. The molecule has 1 aromatic carbocycles. The minimum Gasteiger partial charge on any atom is -0.372 e. The van der Waals surface area contributed by atoms with Crippen LogP contribution in [0.1, 0.15) is 41.4 Å². The third kappa shape index (κ3) is 5.06. The number of hydrogen-bond donors (Lipinski definition) is 2. The number of aromatic nitrogens is 1. The number of carbonyl (C=O) groups is 1. The standard InChI is InChI=1S/C19H27N3OS/c1-13-8-10-16(11-9-13)22-19(4,5)18(23)20-12-6-7-17-21-14(2)15(3)24-17/h8-11,22H,6-7,12H2,1-5H3,(H,20,23). The van der Waals surface area contributed by atoms with E-state index < -0.39 is 5.54 Å². The van der Waals surface area contributed by atoms with Crippen molar-refractivity contribution in [3.63, 3.8) is 0 Å². The summed E-state index contributed by atoms with van der Waals surface area (Å²) in [5, 5.41) is 7.46. The van der Waals surface area contributed by atoms with Crippen molar-refractivity contribution < 1.29 is 4.79 Å². The van der Waals surface area contributed by atoms with Crippen LogP contribution in [0.3, 0.4) is 0 Å². The maximum atomic E-state index is 12.4. The molecule has 1 amide bonds. The van der Waals surface area contributed by atoms with Gasteiger partial charge < -0.3 is 10.6 Å². The Morgan fingerprint density at radius 3 is 2.42 bits per heavy atom. The highest BCUT2D eigenvalue weighted by Crippen LogP contribution is 2.18. The molecule has 0 saturated carbocycles. The summed E-state index contributed by atoms with van der Waals surface area (Å²) >= 11 is 1.75. The van der Waals surface area contributed by atoms with Gasteiger partial charge >= 0.3 is 0 Å². The summed E-state index contributed by atoms with van der Waals surface area (Å²) in [4.78, 5) is 18.2. The molecule has 0 radical (unpaired) electrons. The monoisotopic (exact) mass is 345 g/mol. The van der Waals surface area contributed by atoms with Crippen molar-refractivity contribution in [1.82, 2.24) is 10.3 Å². The Labute approximate surface area is 148 Å². The van der Waals surface area contributed by atoms with Crippen LogP contribution in [0, 0.1) is 20.8 Å². The molecule has 1 heterocycles. The summed E-state index contributed by atoms with van der Waals surface area (Å²) in [6.07, 6.45) is 1.81. The fourth-order valence-corrected chi connectivity index (χ4v) is 3.34. The number of nitrogens with zero attached hydrogens (tertiary/aromatic N) is 1. The number of anilines is 1. The van der Waals surface area contributed by atoms with Gasteiger partial charge in [0.05, 0.1) is 10.7 Å². The summed E-state index contributed by atoms with van der Waals surface area (Å²) in [6.45, 7) is 10.6. The second kappa shape index (κ2) is 7.79. The van der Waals surface area contributed by atoms with Gasteiger partial charge in [-0.2, -0.15) is 0 Å². The fraction of sp³-hybridized carbons (Fsp3) is 0.474. The zero-order valence-electron chi connectivity index (χ0n) is 15.2. The van der Waals surface area contributed by atoms with Gasteiger partial charge in [-0.3, -0.25) is 4.79 Å². The van der Waals surface area contributed by atoms with E-state index in [1.165, 1.54) is 10.4 Å². The van der Waals surface area contributed by atoms with Crippen molar-refractivity contribution >= 4 is 22.9 Å². The van der Waals surface area contributed by atoms with Crippen molar-refractivity contribution in [2.45, 2.75) is 53.0 Å². The van der Waals surface area contributed by atoms with E-state index in [1.54, 1.807) is 11.3 Å². The third-order valence-corrected chi connectivity index (χ3v) is 5.13. The first-order valence-corrected chi connectivity index (χ1v) is 9.15. The topological polar surface area (TPSA) is 54.0 Å². The van der Waals surface area contributed by atoms with E-state index in [0.717, 1.165) is 29.2 Å². The van der Waals surface area contributed by atoms with Crippen molar-refractivity contribution in [3.05, 3.63) is 45.4 Å². The number of hydrogen-bond acceptors (Lipinski definition) is 4. The van der Waals surface area contributed by atoms with Gasteiger partial charge in [-0.25, -0.2) is 4.98 Å². The van der Waals surface area contributed by atoms with Crippen LogP contribution in [-0.4, -0.2) is 23.0 Å². The maximum absolute atomic E-state index is 12.4. The Balaban J connectivity index is 1.78. The zero-order chi connectivity index (χ0) is 17.7. The molecule has 0 aliphatic carbocycles.